The third-order valence-electron chi connectivity index (χ3n) is 4.68. The lowest BCUT2D eigenvalue weighted by Gasteiger charge is -2.42. The minimum atomic E-state index is -0.386. The summed E-state index contributed by atoms with van der Waals surface area (Å²) in [5.74, 6) is 0.235. The molecule has 1 aromatic heterocycles. The van der Waals surface area contributed by atoms with Crippen LogP contribution in [0, 0.1) is 5.41 Å². The molecule has 0 saturated carbocycles. The molecule has 0 aliphatic carbocycles. The highest BCUT2D eigenvalue weighted by Gasteiger charge is 2.42. The molecule has 0 bridgehead atoms. The largest absolute Gasteiger partial charge is 0.381 e. The van der Waals surface area contributed by atoms with Crippen LogP contribution < -0.4 is 10.6 Å². The molecule has 8 heteroatoms. The third kappa shape index (κ3) is 4.31. The molecular weight excluding hydrogens is 357 g/mol. The van der Waals surface area contributed by atoms with Gasteiger partial charge in [-0.15, -0.1) is 36.2 Å². The van der Waals surface area contributed by atoms with Crippen LogP contribution in [0.2, 0.25) is 0 Å². The first-order valence-electron chi connectivity index (χ1n) is 7.61. The Morgan fingerprint density at radius 1 is 1.22 bits per heavy atom. The average Bonchev–Trinajstić information content (AvgIpc) is 3.09. The monoisotopic (exact) mass is 381 g/mol. The van der Waals surface area contributed by atoms with Crippen LogP contribution in [-0.2, 0) is 9.53 Å². The maximum Gasteiger partial charge on any atom is 0.230 e. The van der Waals surface area contributed by atoms with E-state index in [4.69, 9.17) is 10.5 Å². The van der Waals surface area contributed by atoms with Crippen molar-refractivity contribution >= 4 is 47.1 Å². The summed E-state index contributed by atoms with van der Waals surface area (Å²) in [6, 6.07) is 4.21. The summed E-state index contributed by atoms with van der Waals surface area (Å²) in [5.41, 5.74) is 5.55. The Balaban J connectivity index is 0.00000132. The van der Waals surface area contributed by atoms with Crippen LogP contribution in [0.1, 0.15) is 12.8 Å². The molecule has 3 heterocycles. The van der Waals surface area contributed by atoms with Crippen molar-refractivity contribution in [1.29, 1.82) is 0 Å². The van der Waals surface area contributed by atoms with Crippen molar-refractivity contribution in [3.05, 3.63) is 17.5 Å². The number of nitrogens with zero attached hydrogens (tertiary/aromatic N) is 2. The van der Waals surface area contributed by atoms with Gasteiger partial charge < -0.3 is 20.3 Å². The molecule has 2 N–H and O–H groups in total. The molecule has 2 fully saturated rings. The fourth-order valence-electron chi connectivity index (χ4n) is 3.18. The van der Waals surface area contributed by atoms with Crippen molar-refractivity contribution in [2.24, 2.45) is 11.1 Å². The third-order valence-corrected chi connectivity index (χ3v) is 5.61. The molecule has 3 rings (SSSR count). The number of piperazine rings is 1. The van der Waals surface area contributed by atoms with Crippen LogP contribution in [0.4, 0.5) is 5.00 Å². The molecule has 2 saturated heterocycles. The van der Waals surface area contributed by atoms with Gasteiger partial charge in [0.05, 0.1) is 10.4 Å². The van der Waals surface area contributed by atoms with E-state index >= 15 is 0 Å². The predicted octanol–water partition coefficient (Wildman–Crippen LogP) is 2.00. The molecule has 132 valence electrons. The molecule has 0 atom stereocenters. The first-order chi connectivity index (χ1) is 10.2. The van der Waals surface area contributed by atoms with Gasteiger partial charge in [0.15, 0.2) is 0 Å². The number of amides is 1. The number of halogens is 2. The standard InChI is InChI=1S/C15H23N3O2S.2ClH/c16-12-15(3-9-20-10-4-15)14(19)18-7-5-17(6-8-18)13-2-1-11-21-13;;/h1-2,11H,3-10,12,16H2;2*1H. The summed E-state index contributed by atoms with van der Waals surface area (Å²) >= 11 is 1.76. The summed E-state index contributed by atoms with van der Waals surface area (Å²) in [7, 11) is 0. The van der Waals surface area contributed by atoms with Crippen LogP contribution in [-0.4, -0.2) is 56.7 Å². The van der Waals surface area contributed by atoms with Crippen LogP contribution in [0.5, 0.6) is 0 Å². The van der Waals surface area contributed by atoms with Gasteiger partial charge in [-0.1, -0.05) is 0 Å². The summed E-state index contributed by atoms with van der Waals surface area (Å²) < 4.78 is 5.40. The molecular formula is C15H25Cl2N3O2S. The number of hydrogen-bond acceptors (Lipinski definition) is 5. The Kier molecular flexibility index (Phi) is 8.10. The lowest BCUT2D eigenvalue weighted by Crippen LogP contribution is -2.56. The zero-order valence-electron chi connectivity index (χ0n) is 13.1. The lowest BCUT2D eigenvalue weighted by molar-refractivity contribution is -0.147. The van der Waals surface area contributed by atoms with Gasteiger partial charge in [-0.2, -0.15) is 0 Å². The summed E-state index contributed by atoms with van der Waals surface area (Å²) in [6.07, 6.45) is 1.51. The van der Waals surface area contributed by atoms with Gasteiger partial charge in [0.1, 0.15) is 0 Å². The molecule has 2 aliphatic heterocycles. The molecule has 0 radical (unpaired) electrons. The van der Waals surface area contributed by atoms with Crippen molar-refractivity contribution < 1.29 is 9.53 Å². The van der Waals surface area contributed by atoms with E-state index in [1.54, 1.807) is 11.3 Å². The molecule has 23 heavy (non-hydrogen) atoms. The molecule has 5 nitrogen and oxygen atoms in total. The highest BCUT2D eigenvalue weighted by Crippen LogP contribution is 2.32. The number of rotatable bonds is 3. The molecule has 0 aromatic carbocycles. The summed E-state index contributed by atoms with van der Waals surface area (Å²) in [4.78, 5) is 17.2. The number of hydrogen-bond donors (Lipinski definition) is 1. The molecule has 2 aliphatic rings. The van der Waals surface area contributed by atoms with E-state index in [1.807, 2.05) is 4.90 Å². The molecule has 0 unspecified atom stereocenters. The maximum atomic E-state index is 12.9. The van der Waals surface area contributed by atoms with Gasteiger partial charge in [-0.3, -0.25) is 4.79 Å². The summed E-state index contributed by atoms with van der Waals surface area (Å²) in [6.45, 7) is 5.13. The van der Waals surface area contributed by atoms with Gasteiger partial charge in [0.25, 0.3) is 0 Å². The molecule has 0 spiro atoms. The van der Waals surface area contributed by atoms with Crippen molar-refractivity contribution in [3.63, 3.8) is 0 Å². The molecule has 1 amide bonds. The Hall–Kier alpha value is -0.530. The van der Waals surface area contributed by atoms with Crippen molar-refractivity contribution in [1.82, 2.24) is 4.90 Å². The zero-order chi connectivity index (χ0) is 14.7. The van der Waals surface area contributed by atoms with E-state index in [1.165, 1.54) is 5.00 Å². The maximum absolute atomic E-state index is 12.9. The van der Waals surface area contributed by atoms with Gasteiger partial charge >= 0.3 is 0 Å². The number of ether oxygens (including phenoxy) is 1. The fourth-order valence-corrected chi connectivity index (χ4v) is 3.97. The van der Waals surface area contributed by atoms with E-state index in [-0.39, 0.29) is 36.1 Å². The lowest BCUT2D eigenvalue weighted by atomic mass is 9.78. The second-order valence-corrected chi connectivity index (χ2v) is 6.75. The van der Waals surface area contributed by atoms with Gasteiger partial charge in [-0.05, 0) is 30.4 Å². The predicted molar refractivity (Wildman–Crippen MR) is 99.1 cm³/mol. The van der Waals surface area contributed by atoms with Crippen LogP contribution in [0.25, 0.3) is 0 Å². The van der Waals surface area contributed by atoms with Crippen molar-refractivity contribution in [3.8, 4) is 0 Å². The van der Waals surface area contributed by atoms with Gasteiger partial charge in [-0.25, -0.2) is 0 Å². The van der Waals surface area contributed by atoms with Crippen molar-refractivity contribution in [2.45, 2.75) is 12.8 Å². The number of nitrogens with two attached hydrogens (primary N) is 1. The van der Waals surface area contributed by atoms with E-state index in [2.05, 4.69) is 22.4 Å². The van der Waals surface area contributed by atoms with Crippen LogP contribution in [0.3, 0.4) is 0 Å². The topological polar surface area (TPSA) is 58.8 Å². The number of thiophene rings is 1. The Labute approximate surface area is 154 Å². The second kappa shape index (κ2) is 9.08. The van der Waals surface area contributed by atoms with E-state index in [9.17, 15) is 4.79 Å². The van der Waals surface area contributed by atoms with E-state index in [0.717, 1.165) is 39.0 Å². The highest BCUT2D eigenvalue weighted by molar-refractivity contribution is 7.14. The SMILES string of the molecule is Cl.Cl.NCC1(C(=O)N2CCN(c3cccs3)CC2)CCOCC1. The normalized spacial score (nSPS) is 20.4. The first kappa shape index (κ1) is 20.5. The minimum absolute atomic E-state index is 0. The number of carbonyl (C=O) groups excluding carboxylic acids is 1. The minimum Gasteiger partial charge on any atom is -0.381 e. The van der Waals surface area contributed by atoms with Gasteiger partial charge in [0, 0.05) is 45.9 Å². The van der Waals surface area contributed by atoms with Crippen LogP contribution >= 0.6 is 36.2 Å². The van der Waals surface area contributed by atoms with E-state index < -0.39 is 0 Å². The Morgan fingerprint density at radius 2 is 1.87 bits per heavy atom. The zero-order valence-corrected chi connectivity index (χ0v) is 15.6. The van der Waals surface area contributed by atoms with E-state index in [0.29, 0.717) is 19.8 Å². The first-order valence-corrected chi connectivity index (χ1v) is 8.49. The quantitative estimate of drug-likeness (QED) is 0.869. The average molecular weight is 382 g/mol. The smallest absolute Gasteiger partial charge is 0.230 e. The summed E-state index contributed by atoms with van der Waals surface area (Å²) in [5, 5.41) is 3.39. The van der Waals surface area contributed by atoms with Gasteiger partial charge in [0.2, 0.25) is 5.91 Å². The van der Waals surface area contributed by atoms with Crippen molar-refractivity contribution in [2.75, 3.05) is 50.8 Å². The molecule has 1 aromatic rings. The number of carbonyl (C=O) groups is 1. The Bertz CT molecular complexity index is 473. The Morgan fingerprint density at radius 3 is 2.39 bits per heavy atom. The highest BCUT2D eigenvalue weighted by atomic mass is 35.5. The van der Waals surface area contributed by atoms with Crippen LogP contribution in [0.15, 0.2) is 17.5 Å². The number of anilines is 1. The second-order valence-electron chi connectivity index (χ2n) is 5.83. The fraction of sp³-hybridized carbons (Fsp3) is 0.667.